The Balaban J connectivity index is 1.83. The molecule has 0 radical (unpaired) electrons. The normalized spacial score (nSPS) is 15.6. The number of nitrogens with one attached hydrogen (secondary N) is 2. The molecule has 1 aromatic carbocycles. The van der Waals surface area contributed by atoms with E-state index in [1.807, 2.05) is 38.1 Å². The van der Waals surface area contributed by atoms with Crippen LogP contribution in [0.15, 0.2) is 24.3 Å². The van der Waals surface area contributed by atoms with Crippen LogP contribution in [0.1, 0.15) is 32.3 Å². The summed E-state index contributed by atoms with van der Waals surface area (Å²) in [6, 6.07) is 7.61. The van der Waals surface area contributed by atoms with Gasteiger partial charge in [-0.25, -0.2) is 0 Å². The standard InChI is InChI=1S/C16H21ClN2O2/c1-11(2)19-15(21)16(7-8-16)14(20)18-9-6-12-4-3-5-13(17)10-12/h3-5,10-11H,6-9H2,1-2H3,(H,18,20)(H,19,21). The zero-order valence-corrected chi connectivity index (χ0v) is 13.2. The Hall–Kier alpha value is -1.55. The van der Waals surface area contributed by atoms with Gasteiger partial charge in [-0.15, -0.1) is 0 Å². The van der Waals surface area contributed by atoms with Crippen molar-refractivity contribution in [2.24, 2.45) is 5.41 Å². The van der Waals surface area contributed by atoms with E-state index in [0.717, 1.165) is 5.56 Å². The van der Waals surface area contributed by atoms with Crippen LogP contribution in [0.2, 0.25) is 5.02 Å². The lowest BCUT2D eigenvalue weighted by atomic mass is 10.0. The van der Waals surface area contributed by atoms with Crippen molar-refractivity contribution in [2.45, 2.75) is 39.2 Å². The summed E-state index contributed by atoms with van der Waals surface area (Å²) in [5.41, 5.74) is 0.234. The Kier molecular flexibility index (Phi) is 4.88. The van der Waals surface area contributed by atoms with E-state index in [2.05, 4.69) is 10.6 Å². The van der Waals surface area contributed by atoms with Crippen molar-refractivity contribution < 1.29 is 9.59 Å². The number of halogens is 1. The van der Waals surface area contributed by atoms with Crippen LogP contribution in [0.3, 0.4) is 0 Å². The number of hydrogen-bond donors (Lipinski definition) is 2. The second-order valence-electron chi connectivity index (χ2n) is 5.85. The highest BCUT2D eigenvalue weighted by atomic mass is 35.5. The van der Waals surface area contributed by atoms with Crippen molar-refractivity contribution in [3.63, 3.8) is 0 Å². The molecule has 1 saturated carbocycles. The topological polar surface area (TPSA) is 58.2 Å². The van der Waals surface area contributed by atoms with Gasteiger partial charge in [0.05, 0.1) is 0 Å². The van der Waals surface area contributed by atoms with Crippen molar-refractivity contribution in [2.75, 3.05) is 6.54 Å². The molecule has 4 nitrogen and oxygen atoms in total. The molecule has 0 heterocycles. The molecule has 0 spiro atoms. The van der Waals surface area contributed by atoms with Crippen LogP contribution in [0.5, 0.6) is 0 Å². The van der Waals surface area contributed by atoms with Crippen LogP contribution >= 0.6 is 11.6 Å². The van der Waals surface area contributed by atoms with Crippen LogP contribution in [-0.4, -0.2) is 24.4 Å². The summed E-state index contributed by atoms with van der Waals surface area (Å²) in [4.78, 5) is 24.3. The Morgan fingerprint density at radius 3 is 2.57 bits per heavy atom. The molecule has 21 heavy (non-hydrogen) atoms. The van der Waals surface area contributed by atoms with E-state index in [9.17, 15) is 9.59 Å². The summed E-state index contributed by atoms with van der Waals surface area (Å²) in [5.74, 6) is -0.319. The molecule has 0 aliphatic heterocycles. The molecule has 0 bridgehead atoms. The van der Waals surface area contributed by atoms with Crippen molar-refractivity contribution in [3.8, 4) is 0 Å². The molecule has 0 atom stereocenters. The van der Waals surface area contributed by atoms with E-state index in [-0.39, 0.29) is 17.9 Å². The van der Waals surface area contributed by atoms with Gasteiger partial charge in [-0.3, -0.25) is 9.59 Å². The molecule has 1 fully saturated rings. The molecule has 0 saturated heterocycles. The fourth-order valence-electron chi connectivity index (χ4n) is 2.26. The summed E-state index contributed by atoms with van der Waals surface area (Å²) in [5, 5.41) is 6.38. The highest BCUT2D eigenvalue weighted by Gasteiger charge is 2.56. The third kappa shape index (κ3) is 3.97. The Bertz CT molecular complexity index is 539. The van der Waals surface area contributed by atoms with E-state index in [0.29, 0.717) is 30.8 Å². The minimum absolute atomic E-state index is 0.0502. The SMILES string of the molecule is CC(C)NC(=O)C1(C(=O)NCCc2cccc(Cl)c2)CC1. The van der Waals surface area contributed by atoms with E-state index >= 15 is 0 Å². The molecule has 114 valence electrons. The van der Waals surface area contributed by atoms with E-state index in [4.69, 9.17) is 11.6 Å². The Morgan fingerprint density at radius 1 is 1.29 bits per heavy atom. The zero-order valence-electron chi connectivity index (χ0n) is 12.4. The van der Waals surface area contributed by atoms with E-state index < -0.39 is 5.41 Å². The second-order valence-corrected chi connectivity index (χ2v) is 6.28. The van der Waals surface area contributed by atoms with Crippen LogP contribution < -0.4 is 10.6 Å². The highest BCUT2D eigenvalue weighted by Crippen LogP contribution is 2.46. The van der Waals surface area contributed by atoms with E-state index in [1.54, 1.807) is 0 Å². The lowest BCUT2D eigenvalue weighted by molar-refractivity contribution is -0.137. The predicted octanol–water partition coefficient (Wildman–Crippen LogP) is 2.30. The molecule has 2 amide bonds. The van der Waals surface area contributed by atoms with Gasteiger partial charge in [-0.1, -0.05) is 23.7 Å². The summed E-state index contributed by atoms with van der Waals surface area (Å²) in [6.07, 6.45) is 1.97. The number of hydrogen-bond acceptors (Lipinski definition) is 2. The molecule has 2 N–H and O–H groups in total. The lowest BCUT2D eigenvalue weighted by Gasteiger charge is -2.17. The third-order valence-electron chi connectivity index (χ3n) is 3.63. The van der Waals surface area contributed by atoms with Gasteiger partial charge in [-0.05, 0) is 50.8 Å². The smallest absolute Gasteiger partial charge is 0.235 e. The summed E-state index contributed by atoms with van der Waals surface area (Å²) in [7, 11) is 0. The first-order valence-electron chi connectivity index (χ1n) is 7.28. The van der Waals surface area contributed by atoms with Gasteiger partial charge >= 0.3 is 0 Å². The van der Waals surface area contributed by atoms with Crippen molar-refractivity contribution in [3.05, 3.63) is 34.9 Å². The van der Waals surface area contributed by atoms with Crippen LogP contribution in [0.4, 0.5) is 0 Å². The van der Waals surface area contributed by atoms with Crippen LogP contribution in [0, 0.1) is 5.41 Å². The third-order valence-corrected chi connectivity index (χ3v) is 3.86. The van der Waals surface area contributed by atoms with Crippen LogP contribution in [-0.2, 0) is 16.0 Å². The van der Waals surface area contributed by atoms with Gasteiger partial charge in [0.1, 0.15) is 5.41 Å². The van der Waals surface area contributed by atoms with E-state index in [1.165, 1.54) is 0 Å². The van der Waals surface area contributed by atoms with Gasteiger partial charge in [0.2, 0.25) is 11.8 Å². The summed E-state index contributed by atoms with van der Waals surface area (Å²) >= 11 is 5.92. The van der Waals surface area contributed by atoms with Crippen molar-refractivity contribution in [1.82, 2.24) is 10.6 Å². The molecular weight excluding hydrogens is 288 g/mol. The maximum absolute atomic E-state index is 12.2. The quantitative estimate of drug-likeness (QED) is 0.792. The van der Waals surface area contributed by atoms with Crippen LogP contribution in [0.25, 0.3) is 0 Å². The van der Waals surface area contributed by atoms with Crippen molar-refractivity contribution >= 4 is 23.4 Å². The average molecular weight is 309 g/mol. The first kappa shape index (κ1) is 15.8. The second kappa shape index (κ2) is 6.48. The first-order chi connectivity index (χ1) is 9.94. The molecule has 1 aliphatic carbocycles. The summed E-state index contributed by atoms with van der Waals surface area (Å²) < 4.78 is 0. The number of carbonyl (C=O) groups is 2. The van der Waals surface area contributed by atoms with Gasteiger partial charge in [-0.2, -0.15) is 0 Å². The predicted molar refractivity (Wildman–Crippen MR) is 83.1 cm³/mol. The highest BCUT2D eigenvalue weighted by molar-refractivity contribution is 6.30. The molecule has 0 aromatic heterocycles. The number of amides is 2. The maximum Gasteiger partial charge on any atom is 0.235 e. The van der Waals surface area contributed by atoms with Gasteiger partial charge in [0.15, 0.2) is 0 Å². The summed E-state index contributed by atoms with van der Waals surface area (Å²) in [6.45, 7) is 4.30. The van der Waals surface area contributed by atoms with Gasteiger partial charge < -0.3 is 10.6 Å². The first-order valence-corrected chi connectivity index (χ1v) is 7.65. The number of carbonyl (C=O) groups excluding carboxylic acids is 2. The molecule has 1 aromatic rings. The number of rotatable bonds is 6. The van der Waals surface area contributed by atoms with Crippen molar-refractivity contribution in [1.29, 1.82) is 0 Å². The largest absolute Gasteiger partial charge is 0.355 e. The Labute approximate surface area is 130 Å². The number of benzene rings is 1. The molecule has 1 aliphatic rings. The zero-order chi connectivity index (χ0) is 15.5. The maximum atomic E-state index is 12.2. The average Bonchev–Trinajstić information content (AvgIpc) is 3.19. The minimum Gasteiger partial charge on any atom is -0.355 e. The lowest BCUT2D eigenvalue weighted by Crippen LogP contribution is -2.45. The van der Waals surface area contributed by atoms with Gasteiger partial charge in [0, 0.05) is 17.6 Å². The molecule has 0 unspecified atom stereocenters. The minimum atomic E-state index is -0.835. The molecule has 2 rings (SSSR count). The molecular formula is C16H21ClN2O2. The fraction of sp³-hybridized carbons (Fsp3) is 0.500. The van der Waals surface area contributed by atoms with Gasteiger partial charge in [0.25, 0.3) is 0 Å². The Morgan fingerprint density at radius 2 is 2.00 bits per heavy atom. The molecule has 5 heteroatoms. The fourth-order valence-corrected chi connectivity index (χ4v) is 2.48. The monoisotopic (exact) mass is 308 g/mol.